The zero-order valence-corrected chi connectivity index (χ0v) is 13.0. The molecule has 84 valence electrons. The van der Waals surface area contributed by atoms with E-state index in [1.54, 1.807) is 12.1 Å². The van der Waals surface area contributed by atoms with Crippen molar-refractivity contribution in [1.29, 1.82) is 0 Å². The van der Waals surface area contributed by atoms with E-state index in [-0.39, 0.29) is 0 Å². The third kappa shape index (κ3) is 2.47. The van der Waals surface area contributed by atoms with Gasteiger partial charge in [-0.25, -0.2) is 9.59 Å². The van der Waals surface area contributed by atoms with Gasteiger partial charge in [0.25, 0.3) is 0 Å². The normalized spacial score (nSPS) is 10.0. The van der Waals surface area contributed by atoms with Crippen molar-refractivity contribution in [1.82, 2.24) is 0 Å². The second-order valence-corrected chi connectivity index (χ2v) is 5.50. The number of hydrogen-bond acceptors (Lipinski definition) is 2. The first-order valence-corrected chi connectivity index (χ1v) is 6.68. The lowest BCUT2D eigenvalue weighted by atomic mass is 10.1. The van der Waals surface area contributed by atoms with Gasteiger partial charge in [0.2, 0.25) is 0 Å². The highest BCUT2D eigenvalue weighted by Crippen LogP contribution is 2.13. The number of carbonyl (C=O) groups is 2. The number of carboxylic acids is 2. The fourth-order valence-corrected chi connectivity index (χ4v) is 3.76. The number of benzene rings is 1. The second kappa shape index (κ2) is 4.91. The highest BCUT2D eigenvalue weighted by atomic mass is 28.1. The predicted molar refractivity (Wildman–Crippen MR) is 68.1 cm³/mol. The minimum Gasteiger partial charge on any atom is -0.477 e. The van der Waals surface area contributed by atoms with Crippen LogP contribution in [0.25, 0.3) is 5.20 Å². The minimum absolute atomic E-state index is 0.394. The van der Waals surface area contributed by atoms with Crippen molar-refractivity contribution in [2.24, 2.45) is 0 Å². The summed E-state index contributed by atoms with van der Waals surface area (Å²) < 4.78 is 0. The van der Waals surface area contributed by atoms with E-state index in [9.17, 15) is 9.59 Å². The Bertz CT molecular complexity index is 463. The molecule has 0 radical (unpaired) electrons. The van der Waals surface area contributed by atoms with Crippen molar-refractivity contribution in [3.05, 3.63) is 35.4 Å². The Morgan fingerprint density at radius 1 is 1.06 bits per heavy atom. The summed E-state index contributed by atoms with van der Waals surface area (Å²) in [6, 6.07) is 7.31. The van der Waals surface area contributed by atoms with Crippen LogP contribution in [-0.4, -0.2) is 42.6 Å². The maximum atomic E-state index is 10.9. The lowest BCUT2D eigenvalue weighted by Gasteiger charge is -2.08. The molecule has 0 aliphatic carbocycles. The zero-order chi connectivity index (χ0) is 12.3. The number of hydrogen-bond donors (Lipinski definition) is 2. The molecule has 0 atom stereocenters. The van der Waals surface area contributed by atoms with E-state index in [0.717, 1.165) is 21.0 Å². The van der Waals surface area contributed by atoms with Gasteiger partial charge in [-0.2, -0.15) is 0 Å². The van der Waals surface area contributed by atoms with Crippen LogP contribution < -0.4 is 5.19 Å². The van der Waals surface area contributed by atoms with E-state index in [1.807, 2.05) is 12.1 Å². The third-order valence-electron chi connectivity index (χ3n) is 2.35. The number of carboxylic acid groups (broad SMARTS) is 2. The highest BCUT2D eigenvalue weighted by Gasteiger charge is 2.20. The van der Waals surface area contributed by atoms with Gasteiger partial charge in [0, 0.05) is 20.5 Å². The first kappa shape index (κ1) is 12.4. The molecule has 1 rings (SSSR count). The molecule has 0 fully saturated rings. The molecule has 0 aliphatic rings. The molecule has 1 aromatic rings. The van der Waals surface area contributed by atoms with Crippen LogP contribution in [0.4, 0.5) is 0 Å². The molecular formula is C10H12O4Si2. The van der Waals surface area contributed by atoms with Gasteiger partial charge in [0.1, 0.15) is 5.57 Å². The summed E-state index contributed by atoms with van der Waals surface area (Å²) in [5.41, 5.74) is 0.260. The molecule has 4 nitrogen and oxygen atoms in total. The van der Waals surface area contributed by atoms with Gasteiger partial charge >= 0.3 is 11.9 Å². The molecule has 0 saturated heterocycles. The summed E-state index contributed by atoms with van der Waals surface area (Å²) in [7, 11) is 1.16. The van der Waals surface area contributed by atoms with Crippen LogP contribution in [0, 0.1) is 0 Å². The molecule has 6 heteroatoms. The Morgan fingerprint density at radius 2 is 1.56 bits per heavy atom. The fraction of sp³-hybridized carbons (Fsp3) is 0. The van der Waals surface area contributed by atoms with Crippen molar-refractivity contribution in [3.63, 3.8) is 0 Å². The molecule has 0 spiro atoms. The lowest BCUT2D eigenvalue weighted by Crippen LogP contribution is -2.17. The number of aliphatic carboxylic acids is 2. The van der Waals surface area contributed by atoms with Gasteiger partial charge in [0.15, 0.2) is 0 Å². The Labute approximate surface area is 98.5 Å². The Morgan fingerprint density at radius 3 is 2.00 bits per heavy atom. The molecule has 2 N–H and O–H groups in total. The minimum atomic E-state index is -1.37. The van der Waals surface area contributed by atoms with Crippen molar-refractivity contribution in [2.45, 2.75) is 0 Å². The van der Waals surface area contributed by atoms with E-state index in [4.69, 9.17) is 10.2 Å². The average molecular weight is 252 g/mol. The summed E-state index contributed by atoms with van der Waals surface area (Å²) in [5, 5.41) is 19.2. The van der Waals surface area contributed by atoms with E-state index in [0.29, 0.717) is 15.4 Å². The predicted octanol–water partition coefficient (Wildman–Crippen LogP) is -2.08. The maximum absolute atomic E-state index is 10.9. The maximum Gasteiger partial charge on any atom is 0.342 e. The Hall–Kier alpha value is -1.67. The van der Waals surface area contributed by atoms with Gasteiger partial charge in [-0.15, -0.1) is 0 Å². The monoisotopic (exact) mass is 252 g/mol. The summed E-state index contributed by atoms with van der Waals surface area (Å²) in [4.78, 5) is 21.7. The van der Waals surface area contributed by atoms with Crippen molar-refractivity contribution in [3.8, 4) is 0 Å². The van der Waals surface area contributed by atoms with Crippen LogP contribution in [0.15, 0.2) is 29.8 Å². The molecule has 0 aliphatic heterocycles. The van der Waals surface area contributed by atoms with Crippen LogP contribution >= 0.6 is 0 Å². The van der Waals surface area contributed by atoms with Gasteiger partial charge in [0.05, 0.1) is 0 Å². The second-order valence-electron chi connectivity index (χ2n) is 3.43. The lowest BCUT2D eigenvalue weighted by molar-refractivity contribution is -0.140. The first-order valence-electron chi connectivity index (χ1n) is 4.68. The molecule has 0 saturated carbocycles. The quantitative estimate of drug-likeness (QED) is 0.280. The molecule has 0 aromatic heterocycles. The first-order chi connectivity index (χ1) is 7.45. The molecule has 16 heavy (non-hydrogen) atoms. The van der Waals surface area contributed by atoms with Crippen molar-refractivity contribution < 1.29 is 19.8 Å². The van der Waals surface area contributed by atoms with E-state index in [2.05, 4.69) is 0 Å². The van der Waals surface area contributed by atoms with Gasteiger partial charge < -0.3 is 10.2 Å². The molecule has 1 aromatic carbocycles. The summed E-state index contributed by atoms with van der Waals surface area (Å²) in [6.45, 7) is 0. The molecular weight excluding hydrogens is 240 g/mol. The van der Waals surface area contributed by atoms with Crippen LogP contribution in [0.2, 0.25) is 0 Å². The fourth-order valence-electron chi connectivity index (χ4n) is 1.54. The SMILES string of the molecule is O=C(O)C(C(=O)O)=C([SiH3])c1ccccc1[SiH3]. The zero-order valence-electron chi connectivity index (χ0n) is 9.02. The van der Waals surface area contributed by atoms with Crippen molar-refractivity contribution in [2.75, 3.05) is 0 Å². The van der Waals surface area contributed by atoms with Crippen LogP contribution in [0.5, 0.6) is 0 Å². The van der Waals surface area contributed by atoms with Crippen LogP contribution in [0.3, 0.4) is 0 Å². The van der Waals surface area contributed by atoms with Gasteiger partial charge in [-0.05, 0) is 10.8 Å². The standard InChI is InChI=1S/C10H12O4Si2/c11-9(12)7(10(13)14)8(16)5-3-1-2-4-6(5)15/h1-4H,15-16H3,(H,11,12)(H,13,14). The topological polar surface area (TPSA) is 74.6 Å². The van der Waals surface area contributed by atoms with Gasteiger partial charge in [-0.1, -0.05) is 29.5 Å². The van der Waals surface area contributed by atoms with Crippen molar-refractivity contribution >= 4 is 42.8 Å². The van der Waals surface area contributed by atoms with E-state index < -0.39 is 17.5 Å². The Kier molecular flexibility index (Phi) is 3.80. The van der Waals surface area contributed by atoms with E-state index in [1.165, 1.54) is 0 Å². The highest BCUT2D eigenvalue weighted by molar-refractivity contribution is 6.51. The smallest absolute Gasteiger partial charge is 0.342 e. The van der Waals surface area contributed by atoms with Crippen LogP contribution in [0.1, 0.15) is 5.56 Å². The van der Waals surface area contributed by atoms with E-state index >= 15 is 0 Å². The molecule has 0 heterocycles. The average Bonchev–Trinajstić information content (AvgIpc) is 2.16. The summed E-state index contributed by atoms with van der Waals surface area (Å²) in [5.74, 6) is -2.75. The molecule has 0 bridgehead atoms. The Balaban J connectivity index is 3.42. The molecule has 0 amide bonds. The summed E-state index contributed by atoms with van der Waals surface area (Å²) in [6.07, 6.45) is 0. The van der Waals surface area contributed by atoms with Crippen LogP contribution in [-0.2, 0) is 9.59 Å². The van der Waals surface area contributed by atoms with Gasteiger partial charge in [-0.3, -0.25) is 0 Å². The molecule has 0 unspecified atom stereocenters. The third-order valence-corrected chi connectivity index (χ3v) is 4.26. The number of rotatable bonds is 3. The summed E-state index contributed by atoms with van der Waals surface area (Å²) >= 11 is 0. The largest absolute Gasteiger partial charge is 0.477 e.